The lowest BCUT2D eigenvalue weighted by atomic mass is 9.99. The zero-order valence-corrected chi connectivity index (χ0v) is 8.67. The number of imidazole rings is 1. The number of hydrogen-bond donors (Lipinski definition) is 0. The second-order valence-corrected chi connectivity index (χ2v) is 3.60. The van der Waals surface area contributed by atoms with E-state index in [-0.39, 0.29) is 0 Å². The molecule has 0 aliphatic heterocycles. The average Bonchev–Trinajstić information content (AvgIpc) is 2.40. The molecule has 0 radical (unpaired) electrons. The topological polar surface area (TPSA) is 34.4 Å². The first-order valence-electron chi connectivity index (χ1n) is 4.25. The van der Waals surface area contributed by atoms with Crippen LogP contribution in [0.5, 0.6) is 0 Å². The van der Waals surface area contributed by atoms with E-state index >= 15 is 0 Å². The molecule has 0 aliphatic carbocycles. The van der Waals surface area contributed by atoms with Crippen LogP contribution in [0.1, 0.15) is 16.2 Å². The molecule has 0 saturated heterocycles. The molecule has 0 bridgehead atoms. The van der Waals surface area contributed by atoms with E-state index in [4.69, 9.17) is 11.6 Å². The zero-order valence-electron chi connectivity index (χ0n) is 7.91. The zero-order chi connectivity index (χ0) is 10.3. The van der Waals surface area contributed by atoms with E-state index in [2.05, 4.69) is 4.98 Å². The Morgan fingerprint density at radius 1 is 1.57 bits per heavy atom. The first-order valence-corrected chi connectivity index (χ1v) is 4.62. The number of halogens is 1. The summed E-state index contributed by atoms with van der Waals surface area (Å²) in [5, 5.41) is -0.472. The first kappa shape index (κ1) is 9.28. The summed E-state index contributed by atoms with van der Waals surface area (Å²) in [5.41, 5.74) is 2.92. The van der Waals surface area contributed by atoms with Gasteiger partial charge in [-0.05, 0) is 24.6 Å². The molecule has 2 aromatic heterocycles. The molecule has 2 aromatic rings. The van der Waals surface area contributed by atoms with E-state index in [1.807, 2.05) is 26.2 Å². The van der Waals surface area contributed by atoms with Crippen molar-refractivity contribution in [3.8, 4) is 0 Å². The fraction of sp³-hybridized carbons (Fsp3) is 0.111. The Morgan fingerprint density at radius 3 is 2.93 bits per heavy atom. The number of rotatable bonds is 1. The van der Waals surface area contributed by atoms with Gasteiger partial charge in [-0.25, -0.2) is 4.98 Å². The van der Waals surface area contributed by atoms with E-state index in [0.717, 1.165) is 11.1 Å². The van der Waals surface area contributed by atoms with Crippen molar-refractivity contribution in [2.45, 2.75) is 6.92 Å². The Balaban J connectivity index is 2.86. The van der Waals surface area contributed by atoms with E-state index in [9.17, 15) is 4.79 Å². The quantitative estimate of drug-likeness (QED) is 0.496. The second kappa shape index (κ2) is 3.13. The van der Waals surface area contributed by atoms with Crippen LogP contribution in [0.3, 0.4) is 0 Å². The molecular formula is C9H8BClN2O. The van der Waals surface area contributed by atoms with Gasteiger partial charge in [-0.2, -0.15) is 0 Å². The lowest BCUT2D eigenvalue weighted by molar-refractivity contribution is 0.107. The number of carbonyl (C=O) groups excluding carboxylic acids is 1. The molecule has 0 N–H and O–H groups in total. The number of nitrogens with zero attached hydrogens (tertiary/aromatic N) is 2. The van der Waals surface area contributed by atoms with Crippen molar-refractivity contribution in [2.75, 3.05) is 0 Å². The highest BCUT2D eigenvalue weighted by atomic mass is 35.5. The summed E-state index contributed by atoms with van der Waals surface area (Å²) in [6.45, 7) is 1.78. The van der Waals surface area contributed by atoms with Gasteiger partial charge in [-0.3, -0.25) is 9.20 Å². The van der Waals surface area contributed by atoms with Crippen LogP contribution in [0.25, 0.3) is 5.65 Å². The van der Waals surface area contributed by atoms with E-state index < -0.39 is 5.24 Å². The van der Waals surface area contributed by atoms with Crippen LogP contribution >= 0.6 is 11.6 Å². The molecule has 0 fully saturated rings. The lowest BCUT2D eigenvalue weighted by Gasteiger charge is -1.98. The van der Waals surface area contributed by atoms with Gasteiger partial charge in [-0.1, -0.05) is 11.5 Å². The summed E-state index contributed by atoms with van der Waals surface area (Å²) in [4.78, 5) is 15.4. The van der Waals surface area contributed by atoms with E-state index in [1.54, 1.807) is 11.3 Å². The Labute approximate surface area is 87.1 Å². The minimum atomic E-state index is -0.472. The Kier molecular flexibility index (Phi) is 2.08. The molecule has 0 spiro atoms. The second-order valence-electron chi connectivity index (χ2n) is 3.25. The molecule has 0 aliphatic rings. The SMILES string of the molecule is Bc1ccc2nc(C)c(C(=O)Cl)n2c1. The highest BCUT2D eigenvalue weighted by molar-refractivity contribution is 6.67. The normalized spacial score (nSPS) is 10.7. The third kappa shape index (κ3) is 1.32. The van der Waals surface area contributed by atoms with Crippen LogP contribution in [-0.2, 0) is 0 Å². The Bertz CT molecular complexity index is 521. The summed E-state index contributed by atoms with van der Waals surface area (Å²) < 4.78 is 1.72. The summed E-state index contributed by atoms with van der Waals surface area (Å²) >= 11 is 5.48. The minimum absolute atomic E-state index is 0.449. The van der Waals surface area contributed by atoms with Gasteiger partial charge in [0.1, 0.15) is 19.2 Å². The number of pyridine rings is 1. The third-order valence-corrected chi connectivity index (χ3v) is 2.31. The number of aromatic nitrogens is 2. The molecule has 14 heavy (non-hydrogen) atoms. The fourth-order valence-corrected chi connectivity index (χ4v) is 1.73. The highest BCUT2D eigenvalue weighted by Crippen LogP contribution is 2.12. The molecule has 0 aromatic carbocycles. The maximum Gasteiger partial charge on any atom is 0.271 e. The monoisotopic (exact) mass is 206 g/mol. The average molecular weight is 206 g/mol. The van der Waals surface area contributed by atoms with Crippen molar-refractivity contribution < 1.29 is 4.79 Å². The number of fused-ring (bicyclic) bond motifs is 1. The number of hydrogen-bond acceptors (Lipinski definition) is 2. The molecule has 70 valence electrons. The predicted octanol–water partition coefficient (Wildman–Crippen LogP) is 0.280. The van der Waals surface area contributed by atoms with Gasteiger partial charge in [0.25, 0.3) is 5.24 Å². The molecule has 0 atom stereocenters. The van der Waals surface area contributed by atoms with Gasteiger partial charge in [0.2, 0.25) is 0 Å². The molecular weight excluding hydrogens is 198 g/mol. The van der Waals surface area contributed by atoms with Crippen LogP contribution in [0.4, 0.5) is 0 Å². The van der Waals surface area contributed by atoms with Gasteiger partial charge < -0.3 is 0 Å². The van der Waals surface area contributed by atoms with Gasteiger partial charge in [0.05, 0.1) is 5.69 Å². The first-order chi connectivity index (χ1) is 6.59. The van der Waals surface area contributed by atoms with Crippen molar-refractivity contribution in [1.29, 1.82) is 0 Å². The van der Waals surface area contributed by atoms with Crippen LogP contribution in [0, 0.1) is 6.92 Å². The smallest absolute Gasteiger partial charge is 0.271 e. The maximum absolute atomic E-state index is 11.2. The Morgan fingerprint density at radius 2 is 2.29 bits per heavy atom. The van der Waals surface area contributed by atoms with Gasteiger partial charge in [-0.15, -0.1) is 0 Å². The standard InChI is InChI=1S/C9H8BClN2O/c1-5-8(9(11)14)13-4-6(10)2-3-7(13)12-5/h2-4H,10H2,1H3. The molecule has 2 rings (SSSR count). The molecule has 3 nitrogen and oxygen atoms in total. The van der Waals surface area contributed by atoms with Crippen molar-refractivity contribution >= 4 is 35.8 Å². The van der Waals surface area contributed by atoms with E-state index in [1.165, 1.54) is 0 Å². The summed E-state index contributed by atoms with van der Waals surface area (Å²) in [7, 11) is 1.96. The molecule has 0 amide bonds. The Hall–Kier alpha value is -1.29. The summed E-state index contributed by atoms with van der Waals surface area (Å²) in [6, 6.07) is 3.82. The fourth-order valence-electron chi connectivity index (χ4n) is 1.51. The van der Waals surface area contributed by atoms with Crippen molar-refractivity contribution in [2.24, 2.45) is 0 Å². The molecule has 2 heterocycles. The minimum Gasteiger partial charge on any atom is -0.296 e. The molecule has 5 heteroatoms. The highest BCUT2D eigenvalue weighted by Gasteiger charge is 2.13. The maximum atomic E-state index is 11.2. The van der Waals surface area contributed by atoms with E-state index in [0.29, 0.717) is 11.4 Å². The lowest BCUT2D eigenvalue weighted by Crippen LogP contribution is -2.07. The third-order valence-electron chi connectivity index (χ3n) is 2.13. The summed E-state index contributed by atoms with van der Waals surface area (Å²) in [6.07, 6.45) is 1.85. The van der Waals surface area contributed by atoms with Crippen LogP contribution in [0.15, 0.2) is 18.3 Å². The number of carbonyl (C=O) groups is 1. The summed E-state index contributed by atoms with van der Waals surface area (Å²) in [5.74, 6) is 0. The van der Waals surface area contributed by atoms with Gasteiger partial charge in [0, 0.05) is 6.20 Å². The largest absolute Gasteiger partial charge is 0.296 e. The predicted molar refractivity (Wildman–Crippen MR) is 58.3 cm³/mol. The van der Waals surface area contributed by atoms with Crippen LogP contribution in [-0.4, -0.2) is 22.5 Å². The van der Waals surface area contributed by atoms with Crippen LogP contribution < -0.4 is 5.46 Å². The van der Waals surface area contributed by atoms with Crippen molar-refractivity contribution in [3.05, 3.63) is 29.7 Å². The van der Waals surface area contributed by atoms with Crippen LogP contribution in [0.2, 0.25) is 0 Å². The van der Waals surface area contributed by atoms with Crippen molar-refractivity contribution in [3.63, 3.8) is 0 Å². The molecule has 0 unspecified atom stereocenters. The number of aryl methyl sites for hydroxylation is 1. The van der Waals surface area contributed by atoms with Gasteiger partial charge >= 0.3 is 0 Å². The van der Waals surface area contributed by atoms with Crippen molar-refractivity contribution in [1.82, 2.24) is 9.38 Å². The van der Waals surface area contributed by atoms with Gasteiger partial charge in [0.15, 0.2) is 0 Å². The molecule has 0 saturated carbocycles.